The Balaban J connectivity index is 1.98. The topological polar surface area (TPSA) is 89.2 Å². The maximum Gasteiger partial charge on any atom is 0.412 e. The average Bonchev–Trinajstić information content (AvgIpc) is 3.27. The number of epoxide rings is 1. The fraction of sp³-hybridized carbons (Fsp3) is 0.600. The van der Waals surface area contributed by atoms with Crippen molar-refractivity contribution >= 4 is 17.9 Å². The van der Waals surface area contributed by atoms with E-state index in [1.165, 1.54) is 0 Å². The van der Waals surface area contributed by atoms with Crippen molar-refractivity contribution in [2.45, 2.75) is 71.3 Å². The molecule has 0 aromatic heterocycles. The number of carbonyl (C=O) groups excluding carboxylic acids is 2. The molecule has 0 radical (unpaired) electrons. The molecule has 2 N–H and O–H groups in total. The minimum atomic E-state index is -0.562. The summed E-state index contributed by atoms with van der Waals surface area (Å²) in [5, 5.41) is 5.60. The summed E-state index contributed by atoms with van der Waals surface area (Å²) in [7, 11) is 0. The summed E-state index contributed by atoms with van der Waals surface area (Å²) >= 11 is 0. The van der Waals surface area contributed by atoms with Gasteiger partial charge in [0.15, 0.2) is 0 Å². The van der Waals surface area contributed by atoms with Crippen LogP contribution in [0.15, 0.2) is 24.3 Å². The minimum Gasteiger partial charge on any atom is -0.444 e. The number of ether oxygens (including phenoxy) is 3. The smallest absolute Gasteiger partial charge is 0.412 e. The summed E-state index contributed by atoms with van der Waals surface area (Å²) in [6, 6.07) is 7.23. The quantitative estimate of drug-likeness (QED) is 0.759. The molecule has 0 bridgehead atoms. The number of hydrogen-bond donors (Lipinski definition) is 2. The molecule has 1 fully saturated rings. The van der Waals surface area contributed by atoms with Crippen LogP contribution < -0.4 is 10.6 Å². The number of rotatable bonds is 5. The summed E-state index contributed by atoms with van der Waals surface area (Å²) < 4.78 is 16.0. The molecule has 7 nitrogen and oxygen atoms in total. The van der Waals surface area contributed by atoms with Crippen LogP contribution in [0.3, 0.4) is 0 Å². The van der Waals surface area contributed by atoms with Crippen LogP contribution in [-0.4, -0.2) is 42.1 Å². The van der Waals surface area contributed by atoms with Crippen LogP contribution in [0.25, 0.3) is 0 Å². The van der Waals surface area contributed by atoms with Crippen LogP contribution in [0.2, 0.25) is 0 Å². The molecular formula is C20H30N2O5. The molecule has 2 rings (SSSR count). The van der Waals surface area contributed by atoms with Gasteiger partial charge in [-0.05, 0) is 65.7 Å². The van der Waals surface area contributed by atoms with Crippen LogP contribution >= 0.6 is 0 Å². The van der Waals surface area contributed by atoms with Gasteiger partial charge >= 0.3 is 12.2 Å². The zero-order valence-corrected chi connectivity index (χ0v) is 16.9. The molecule has 0 spiro atoms. The second-order valence-electron chi connectivity index (χ2n) is 8.66. The molecule has 2 amide bonds. The summed E-state index contributed by atoms with van der Waals surface area (Å²) in [5.74, 6) is 0. The third-order valence-electron chi connectivity index (χ3n) is 3.54. The van der Waals surface area contributed by atoms with E-state index < -0.39 is 23.4 Å². The van der Waals surface area contributed by atoms with Crippen molar-refractivity contribution in [3.8, 4) is 0 Å². The first kappa shape index (κ1) is 21.0. The van der Waals surface area contributed by atoms with E-state index in [0.717, 1.165) is 5.56 Å². The van der Waals surface area contributed by atoms with E-state index in [9.17, 15) is 9.59 Å². The predicted octanol–water partition coefficient (Wildman–Crippen LogP) is 3.87. The first-order chi connectivity index (χ1) is 12.4. The van der Waals surface area contributed by atoms with Gasteiger partial charge in [0.25, 0.3) is 0 Å². The third kappa shape index (κ3) is 8.30. The Kier molecular flexibility index (Phi) is 6.36. The molecule has 0 aliphatic carbocycles. The van der Waals surface area contributed by atoms with Crippen molar-refractivity contribution in [1.29, 1.82) is 0 Å². The molecule has 0 unspecified atom stereocenters. The maximum absolute atomic E-state index is 12.1. The van der Waals surface area contributed by atoms with E-state index in [-0.39, 0.29) is 12.1 Å². The second kappa shape index (κ2) is 8.17. The summed E-state index contributed by atoms with van der Waals surface area (Å²) in [6.07, 6.45) is -0.437. The van der Waals surface area contributed by atoms with Crippen molar-refractivity contribution in [2.24, 2.45) is 0 Å². The van der Waals surface area contributed by atoms with Gasteiger partial charge in [0.1, 0.15) is 17.3 Å². The molecule has 1 aromatic carbocycles. The molecule has 0 saturated carbocycles. The molecule has 2 atom stereocenters. The van der Waals surface area contributed by atoms with Gasteiger partial charge in [-0.3, -0.25) is 5.32 Å². The SMILES string of the molecule is CC(C)(C)OC(=O)Nc1cccc(C[C@H](NC(=O)OC(C)(C)C)[C@H]2CO2)c1. The van der Waals surface area contributed by atoms with Crippen LogP contribution in [0, 0.1) is 0 Å². The van der Waals surface area contributed by atoms with E-state index in [2.05, 4.69) is 10.6 Å². The molecule has 27 heavy (non-hydrogen) atoms. The largest absolute Gasteiger partial charge is 0.444 e. The van der Waals surface area contributed by atoms with Crippen molar-refractivity contribution in [3.63, 3.8) is 0 Å². The zero-order chi connectivity index (χ0) is 20.2. The third-order valence-corrected chi connectivity index (χ3v) is 3.54. The molecular weight excluding hydrogens is 348 g/mol. The first-order valence-electron chi connectivity index (χ1n) is 9.11. The summed E-state index contributed by atoms with van der Waals surface area (Å²) in [5.41, 5.74) is 0.471. The van der Waals surface area contributed by atoms with Crippen molar-refractivity contribution in [1.82, 2.24) is 5.32 Å². The Morgan fingerprint density at radius 3 is 2.26 bits per heavy atom. The highest BCUT2D eigenvalue weighted by Crippen LogP contribution is 2.21. The summed E-state index contributed by atoms with van der Waals surface area (Å²) in [4.78, 5) is 24.0. The summed E-state index contributed by atoms with van der Waals surface area (Å²) in [6.45, 7) is 11.5. The van der Waals surface area contributed by atoms with E-state index in [1.54, 1.807) is 6.07 Å². The highest BCUT2D eigenvalue weighted by molar-refractivity contribution is 5.84. The average molecular weight is 378 g/mol. The lowest BCUT2D eigenvalue weighted by molar-refractivity contribution is 0.0494. The van der Waals surface area contributed by atoms with E-state index in [4.69, 9.17) is 14.2 Å². The van der Waals surface area contributed by atoms with Gasteiger partial charge in [-0.25, -0.2) is 9.59 Å². The lowest BCUT2D eigenvalue weighted by atomic mass is 10.0. The maximum atomic E-state index is 12.1. The van der Waals surface area contributed by atoms with Gasteiger partial charge in [-0.15, -0.1) is 0 Å². The molecule has 150 valence electrons. The number of alkyl carbamates (subject to hydrolysis) is 1. The standard InChI is InChI=1S/C20H30N2O5/c1-19(2,3)26-17(23)21-14-9-7-8-13(10-14)11-15(16-12-25-16)22-18(24)27-20(4,5)6/h7-10,15-16H,11-12H2,1-6H3,(H,21,23)(H,22,24)/t15-,16+/m0/s1. The van der Waals surface area contributed by atoms with Gasteiger partial charge in [0.05, 0.1) is 12.6 Å². The lowest BCUT2D eigenvalue weighted by Gasteiger charge is -2.23. The molecule has 1 aliphatic heterocycles. The van der Waals surface area contributed by atoms with Crippen molar-refractivity contribution in [2.75, 3.05) is 11.9 Å². The highest BCUT2D eigenvalue weighted by Gasteiger charge is 2.35. The number of nitrogens with one attached hydrogen (secondary N) is 2. The van der Waals surface area contributed by atoms with Gasteiger partial charge in [-0.1, -0.05) is 12.1 Å². The van der Waals surface area contributed by atoms with Crippen LogP contribution in [0.1, 0.15) is 47.1 Å². The Bertz CT molecular complexity index is 672. The second-order valence-corrected chi connectivity index (χ2v) is 8.66. The van der Waals surface area contributed by atoms with Crippen LogP contribution in [0.5, 0.6) is 0 Å². The number of anilines is 1. The molecule has 1 aromatic rings. The fourth-order valence-corrected chi connectivity index (χ4v) is 2.47. The number of benzene rings is 1. The predicted molar refractivity (Wildman–Crippen MR) is 103 cm³/mol. The van der Waals surface area contributed by atoms with Gasteiger partial charge in [-0.2, -0.15) is 0 Å². The normalized spacial score (nSPS) is 17.6. The Hall–Kier alpha value is -2.28. The first-order valence-corrected chi connectivity index (χ1v) is 9.11. The van der Waals surface area contributed by atoms with Gasteiger partial charge in [0, 0.05) is 5.69 Å². The van der Waals surface area contributed by atoms with Crippen molar-refractivity contribution < 1.29 is 23.8 Å². The van der Waals surface area contributed by atoms with Crippen LogP contribution in [-0.2, 0) is 20.6 Å². The fourth-order valence-electron chi connectivity index (χ4n) is 2.47. The number of hydrogen-bond acceptors (Lipinski definition) is 5. The monoisotopic (exact) mass is 378 g/mol. The Morgan fingerprint density at radius 1 is 1.11 bits per heavy atom. The Morgan fingerprint density at radius 2 is 1.70 bits per heavy atom. The lowest BCUT2D eigenvalue weighted by Crippen LogP contribution is -2.43. The van der Waals surface area contributed by atoms with Gasteiger partial charge in [0.2, 0.25) is 0 Å². The molecule has 1 saturated heterocycles. The molecule has 7 heteroatoms. The highest BCUT2D eigenvalue weighted by atomic mass is 16.6. The number of amides is 2. The molecule has 1 aliphatic rings. The van der Waals surface area contributed by atoms with E-state index >= 15 is 0 Å². The number of carbonyl (C=O) groups is 2. The van der Waals surface area contributed by atoms with Crippen LogP contribution in [0.4, 0.5) is 15.3 Å². The zero-order valence-electron chi connectivity index (χ0n) is 16.9. The van der Waals surface area contributed by atoms with Gasteiger partial charge < -0.3 is 19.5 Å². The minimum absolute atomic E-state index is 0.0278. The van der Waals surface area contributed by atoms with E-state index in [1.807, 2.05) is 59.7 Å². The molecule has 1 heterocycles. The Labute approximate surface area is 160 Å². The van der Waals surface area contributed by atoms with Crippen molar-refractivity contribution in [3.05, 3.63) is 29.8 Å². The van der Waals surface area contributed by atoms with E-state index in [0.29, 0.717) is 18.7 Å².